The van der Waals surface area contributed by atoms with Crippen LogP contribution in [-0.4, -0.2) is 18.1 Å². The van der Waals surface area contributed by atoms with Crippen molar-refractivity contribution < 1.29 is 19.0 Å². The monoisotopic (exact) mass is 339 g/mol. The van der Waals surface area contributed by atoms with E-state index in [0.29, 0.717) is 15.9 Å². The minimum absolute atomic E-state index is 0.139. The Balaban J connectivity index is 2.30. The number of phenolic OH excluding ortho intramolecular Hbond substituents is 1. The van der Waals surface area contributed by atoms with Gasteiger partial charge in [-0.15, -0.1) is 0 Å². The molecule has 4 nitrogen and oxygen atoms in total. The zero-order valence-electron chi connectivity index (χ0n) is 10.5. The topological polar surface area (TPSA) is 58.6 Å². The first-order chi connectivity index (χ1) is 9.51. The zero-order valence-corrected chi connectivity index (χ0v) is 12.1. The number of benzene rings is 2. The SMILES string of the molecule is COc1ccc(Br)c(NC(=O)c2cc(F)ccc2O)c1. The molecule has 0 fully saturated rings. The maximum absolute atomic E-state index is 13.1. The Morgan fingerprint density at radius 2 is 2.05 bits per heavy atom. The van der Waals surface area contributed by atoms with Crippen molar-refractivity contribution in [3.8, 4) is 11.5 Å². The number of carbonyl (C=O) groups is 1. The van der Waals surface area contributed by atoms with Gasteiger partial charge < -0.3 is 15.2 Å². The molecule has 0 aromatic heterocycles. The molecule has 0 bridgehead atoms. The Morgan fingerprint density at radius 1 is 1.30 bits per heavy atom. The van der Waals surface area contributed by atoms with Gasteiger partial charge in [0.15, 0.2) is 0 Å². The van der Waals surface area contributed by atoms with Crippen LogP contribution < -0.4 is 10.1 Å². The fraction of sp³-hybridized carbons (Fsp3) is 0.0714. The number of aromatic hydroxyl groups is 1. The van der Waals surface area contributed by atoms with Crippen molar-refractivity contribution >= 4 is 27.5 Å². The number of nitrogens with one attached hydrogen (secondary N) is 1. The molecular formula is C14H11BrFNO3. The summed E-state index contributed by atoms with van der Waals surface area (Å²) in [5, 5.41) is 12.2. The summed E-state index contributed by atoms with van der Waals surface area (Å²) in [6, 6.07) is 8.22. The first kappa shape index (κ1) is 14.3. The summed E-state index contributed by atoms with van der Waals surface area (Å²) in [7, 11) is 1.51. The highest BCUT2D eigenvalue weighted by atomic mass is 79.9. The fourth-order valence-corrected chi connectivity index (χ4v) is 1.95. The number of anilines is 1. The summed E-state index contributed by atoms with van der Waals surface area (Å²) in [6.45, 7) is 0. The lowest BCUT2D eigenvalue weighted by molar-refractivity contribution is 0.102. The van der Waals surface area contributed by atoms with E-state index in [-0.39, 0.29) is 11.3 Å². The molecule has 0 saturated heterocycles. The van der Waals surface area contributed by atoms with Gasteiger partial charge in [-0.05, 0) is 46.3 Å². The average molecular weight is 340 g/mol. The summed E-state index contributed by atoms with van der Waals surface area (Å²) >= 11 is 3.29. The van der Waals surface area contributed by atoms with E-state index in [0.717, 1.165) is 18.2 Å². The molecule has 0 saturated carbocycles. The van der Waals surface area contributed by atoms with Crippen LogP contribution in [0.5, 0.6) is 11.5 Å². The van der Waals surface area contributed by atoms with Crippen molar-refractivity contribution in [2.45, 2.75) is 0 Å². The van der Waals surface area contributed by atoms with Crippen molar-refractivity contribution in [2.24, 2.45) is 0 Å². The van der Waals surface area contributed by atoms with Crippen LogP contribution in [0.4, 0.5) is 10.1 Å². The van der Waals surface area contributed by atoms with E-state index in [2.05, 4.69) is 21.2 Å². The molecule has 0 spiro atoms. The average Bonchev–Trinajstić information content (AvgIpc) is 2.43. The summed E-state index contributed by atoms with van der Waals surface area (Å²) in [5.41, 5.74) is 0.317. The van der Waals surface area contributed by atoms with E-state index in [1.807, 2.05) is 0 Å². The molecule has 0 radical (unpaired) electrons. The van der Waals surface area contributed by atoms with Crippen molar-refractivity contribution in [1.29, 1.82) is 0 Å². The standard InChI is InChI=1S/C14H11BrFNO3/c1-20-9-3-4-11(15)12(7-9)17-14(19)10-6-8(16)2-5-13(10)18/h2-7,18H,1H3,(H,17,19). The lowest BCUT2D eigenvalue weighted by Crippen LogP contribution is -2.13. The second-order valence-corrected chi connectivity index (χ2v) is 4.82. The van der Waals surface area contributed by atoms with Crippen LogP contribution in [0.3, 0.4) is 0 Å². The number of carbonyl (C=O) groups excluding carboxylic acids is 1. The van der Waals surface area contributed by atoms with Crippen LogP contribution in [0.1, 0.15) is 10.4 Å². The van der Waals surface area contributed by atoms with Crippen LogP contribution in [0.25, 0.3) is 0 Å². The highest BCUT2D eigenvalue weighted by molar-refractivity contribution is 9.10. The third kappa shape index (κ3) is 3.08. The van der Waals surface area contributed by atoms with Gasteiger partial charge in [-0.1, -0.05) is 0 Å². The maximum atomic E-state index is 13.1. The number of hydrogen-bond donors (Lipinski definition) is 2. The van der Waals surface area contributed by atoms with Crippen molar-refractivity contribution in [1.82, 2.24) is 0 Å². The molecule has 2 aromatic carbocycles. The van der Waals surface area contributed by atoms with Crippen LogP contribution in [0.2, 0.25) is 0 Å². The van der Waals surface area contributed by atoms with E-state index < -0.39 is 11.7 Å². The van der Waals surface area contributed by atoms with Crippen LogP contribution in [-0.2, 0) is 0 Å². The number of ether oxygens (including phenoxy) is 1. The normalized spacial score (nSPS) is 10.2. The lowest BCUT2D eigenvalue weighted by atomic mass is 10.1. The van der Waals surface area contributed by atoms with Crippen LogP contribution in [0, 0.1) is 5.82 Å². The van der Waals surface area contributed by atoms with Crippen LogP contribution >= 0.6 is 15.9 Å². The first-order valence-corrected chi connectivity index (χ1v) is 6.44. The molecule has 2 rings (SSSR count). The molecule has 0 atom stereocenters. The van der Waals surface area contributed by atoms with Gasteiger partial charge >= 0.3 is 0 Å². The molecule has 0 heterocycles. The van der Waals surface area contributed by atoms with Gasteiger partial charge in [0.1, 0.15) is 17.3 Å². The molecule has 0 aliphatic carbocycles. The van der Waals surface area contributed by atoms with Gasteiger partial charge in [0.2, 0.25) is 0 Å². The van der Waals surface area contributed by atoms with E-state index >= 15 is 0 Å². The molecule has 0 unspecified atom stereocenters. The quantitative estimate of drug-likeness (QED) is 0.898. The Morgan fingerprint density at radius 3 is 2.75 bits per heavy atom. The van der Waals surface area contributed by atoms with E-state index in [9.17, 15) is 14.3 Å². The van der Waals surface area contributed by atoms with Gasteiger partial charge in [-0.2, -0.15) is 0 Å². The van der Waals surface area contributed by atoms with E-state index in [4.69, 9.17) is 4.74 Å². The van der Waals surface area contributed by atoms with Gasteiger partial charge in [0.25, 0.3) is 5.91 Å². The minimum atomic E-state index is -0.615. The van der Waals surface area contributed by atoms with Crippen molar-refractivity contribution in [3.05, 3.63) is 52.3 Å². The summed E-state index contributed by atoms with van der Waals surface area (Å²) < 4.78 is 18.8. The second kappa shape index (κ2) is 5.92. The fourth-order valence-electron chi connectivity index (χ4n) is 1.61. The summed E-state index contributed by atoms with van der Waals surface area (Å²) in [4.78, 5) is 12.0. The van der Waals surface area contributed by atoms with Gasteiger partial charge in [-0.25, -0.2) is 4.39 Å². The number of methoxy groups -OCH3 is 1. The Labute approximate surface area is 123 Å². The predicted octanol–water partition coefficient (Wildman–Crippen LogP) is 3.55. The number of phenols is 1. The molecule has 6 heteroatoms. The number of halogens is 2. The van der Waals surface area contributed by atoms with E-state index in [1.165, 1.54) is 7.11 Å². The lowest BCUT2D eigenvalue weighted by Gasteiger charge is -2.10. The molecule has 2 N–H and O–H groups in total. The Kier molecular flexibility index (Phi) is 4.24. The number of hydrogen-bond acceptors (Lipinski definition) is 3. The Bertz CT molecular complexity index is 661. The highest BCUT2D eigenvalue weighted by Gasteiger charge is 2.14. The first-order valence-electron chi connectivity index (χ1n) is 5.64. The number of amides is 1. The van der Waals surface area contributed by atoms with Gasteiger partial charge in [0, 0.05) is 10.5 Å². The maximum Gasteiger partial charge on any atom is 0.259 e. The third-order valence-electron chi connectivity index (χ3n) is 2.62. The summed E-state index contributed by atoms with van der Waals surface area (Å²) in [5.74, 6) is -0.941. The van der Waals surface area contributed by atoms with Crippen LogP contribution in [0.15, 0.2) is 40.9 Å². The molecule has 104 valence electrons. The Hall–Kier alpha value is -2.08. The number of rotatable bonds is 3. The predicted molar refractivity (Wildman–Crippen MR) is 76.7 cm³/mol. The van der Waals surface area contributed by atoms with Gasteiger partial charge in [-0.3, -0.25) is 4.79 Å². The second-order valence-electron chi connectivity index (χ2n) is 3.96. The smallest absolute Gasteiger partial charge is 0.259 e. The molecule has 2 aromatic rings. The van der Waals surface area contributed by atoms with Crippen molar-refractivity contribution in [3.63, 3.8) is 0 Å². The molecule has 0 aliphatic rings. The minimum Gasteiger partial charge on any atom is -0.507 e. The highest BCUT2D eigenvalue weighted by Crippen LogP contribution is 2.28. The van der Waals surface area contributed by atoms with Gasteiger partial charge in [0.05, 0.1) is 18.4 Å². The largest absolute Gasteiger partial charge is 0.507 e. The van der Waals surface area contributed by atoms with Crippen molar-refractivity contribution in [2.75, 3.05) is 12.4 Å². The zero-order chi connectivity index (χ0) is 14.7. The summed E-state index contributed by atoms with van der Waals surface area (Å²) in [6.07, 6.45) is 0. The molecular weight excluding hydrogens is 329 g/mol. The molecule has 20 heavy (non-hydrogen) atoms. The van der Waals surface area contributed by atoms with E-state index in [1.54, 1.807) is 18.2 Å². The third-order valence-corrected chi connectivity index (χ3v) is 3.32. The molecule has 1 amide bonds. The molecule has 0 aliphatic heterocycles.